The van der Waals surface area contributed by atoms with Gasteiger partial charge in [0, 0.05) is 24.9 Å². The Balaban J connectivity index is 2.21. The average molecular weight is 276 g/mol. The van der Waals surface area contributed by atoms with Crippen LogP contribution in [0.15, 0.2) is 11.2 Å². The Hall–Kier alpha value is -0.130. The smallest absolute Gasteiger partial charge is 0.190 e. The van der Waals surface area contributed by atoms with Crippen LogP contribution in [0, 0.1) is 0 Å². The van der Waals surface area contributed by atoms with E-state index in [1.165, 1.54) is 29.7 Å². The number of anilines is 1. The molecule has 0 N–H and O–H groups in total. The van der Waals surface area contributed by atoms with Gasteiger partial charge in [0.2, 0.25) is 0 Å². The van der Waals surface area contributed by atoms with Gasteiger partial charge in [0.05, 0.1) is 0 Å². The Kier molecular flexibility index (Phi) is 4.21. The zero-order valence-electron chi connectivity index (χ0n) is 9.31. The molecule has 0 aliphatic carbocycles. The van der Waals surface area contributed by atoms with Crippen LogP contribution in [-0.2, 0) is 0 Å². The minimum absolute atomic E-state index is 0.520. The van der Waals surface area contributed by atoms with Gasteiger partial charge in [0.1, 0.15) is 11.0 Å². The fraction of sp³-hybridized carbons (Fsp3) is 0.600. The van der Waals surface area contributed by atoms with E-state index in [1.54, 1.807) is 0 Å². The van der Waals surface area contributed by atoms with Crippen LogP contribution in [0.3, 0.4) is 0 Å². The summed E-state index contributed by atoms with van der Waals surface area (Å²) in [6.07, 6.45) is 3.18. The summed E-state index contributed by atoms with van der Waals surface area (Å²) in [6.45, 7) is 0. The van der Waals surface area contributed by atoms with Gasteiger partial charge in [-0.15, -0.1) is 0 Å². The number of nitrogens with zero attached hydrogens (tertiary/aromatic N) is 3. The molecule has 1 saturated heterocycles. The topological polar surface area (TPSA) is 29.0 Å². The van der Waals surface area contributed by atoms with E-state index in [0.29, 0.717) is 11.2 Å². The molecule has 0 bridgehead atoms. The highest BCUT2D eigenvalue weighted by atomic mass is 35.5. The van der Waals surface area contributed by atoms with Gasteiger partial charge in [0.25, 0.3) is 0 Å². The van der Waals surface area contributed by atoms with Crippen LogP contribution in [-0.4, -0.2) is 40.8 Å². The van der Waals surface area contributed by atoms with Crippen molar-refractivity contribution in [2.75, 3.05) is 29.7 Å². The molecule has 16 heavy (non-hydrogen) atoms. The molecule has 3 nitrogen and oxygen atoms in total. The minimum Gasteiger partial charge on any atom is -0.356 e. The standard InChI is InChI=1S/C10H14ClN3S2/c1-14(7-3-4-16-6-7)9-5-8(11)12-10(13-9)15-2/h5,7H,3-4,6H2,1-2H3. The van der Waals surface area contributed by atoms with Gasteiger partial charge < -0.3 is 4.90 Å². The Morgan fingerprint density at radius 2 is 2.38 bits per heavy atom. The lowest BCUT2D eigenvalue weighted by Gasteiger charge is -2.25. The first kappa shape index (κ1) is 12.3. The van der Waals surface area contributed by atoms with E-state index in [1.807, 2.05) is 24.1 Å². The van der Waals surface area contributed by atoms with Gasteiger partial charge in [-0.2, -0.15) is 11.8 Å². The third-order valence-electron chi connectivity index (χ3n) is 2.66. The van der Waals surface area contributed by atoms with Gasteiger partial charge in [-0.25, -0.2) is 9.97 Å². The lowest BCUT2D eigenvalue weighted by atomic mass is 10.2. The second kappa shape index (κ2) is 5.47. The van der Waals surface area contributed by atoms with Crippen LogP contribution in [0.4, 0.5) is 5.82 Å². The van der Waals surface area contributed by atoms with E-state index < -0.39 is 0 Å². The average Bonchev–Trinajstić information content (AvgIpc) is 2.80. The molecule has 1 aliphatic rings. The number of hydrogen-bond acceptors (Lipinski definition) is 5. The van der Waals surface area contributed by atoms with Gasteiger partial charge in [0.15, 0.2) is 5.16 Å². The number of hydrogen-bond donors (Lipinski definition) is 0. The maximum absolute atomic E-state index is 5.98. The highest BCUT2D eigenvalue weighted by molar-refractivity contribution is 7.99. The first-order valence-electron chi connectivity index (χ1n) is 5.10. The Morgan fingerprint density at radius 1 is 1.56 bits per heavy atom. The lowest BCUT2D eigenvalue weighted by molar-refractivity contribution is 0.685. The molecular formula is C10H14ClN3S2. The largest absolute Gasteiger partial charge is 0.356 e. The van der Waals surface area contributed by atoms with E-state index in [9.17, 15) is 0 Å². The third kappa shape index (κ3) is 2.76. The fourth-order valence-corrected chi connectivity index (χ4v) is 3.54. The minimum atomic E-state index is 0.520. The van der Waals surface area contributed by atoms with Gasteiger partial charge >= 0.3 is 0 Å². The van der Waals surface area contributed by atoms with Crippen molar-refractivity contribution in [1.29, 1.82) is 0 Å². The summed E-state index contributed by atoms with van der Waals surface area (Å²) in [5.41, 5.74) is 0. The van der Waals surface area contributed by atoms with Crippen molar-refractivity contribution < 1.29 is 0 Å². The summed E-state index contributed by atoms with van der Waals surface area (Å²) in [4.78, 5) is 10.8. The Morgan fingerprint density at radius 3 is 3.00 bits per heavy atom. The molecule has 1 fully saturated rings. The predicted molar refractivity (Wildman–Crippen MR) is 73.0 cm³/mol. The lowest BCUT2D eigenvalue weighted by Crippen LogP contribution is -2.32. The summed E-state index contributed by atoms with van der Waals surface area (Å²) < 4.78 is 0. The maximum Gasteiger partial charge on any atom is 0.190 e. The zero-order chi connectivity index (χ0) is 11.5. The molecule has 0 saturated carbocycles. The number of thioether (sulfide) groups is 2. The molecule has 1 aromatic heterocycles. The Labute approximate surface area is 109 Å². The van der Waals surface area contributed by atoms with E-state index in [2.05, 4.69) is 21.9 Å². The molecule has 1 aliphatic heterocycles. The molecule has 0 spiro atoms. The van der Waals surface area contributed by atoms with Crippen LogP contribution in [0.5, 0.6) is 0 Å². The number of aromatic nitrogens is 2. The molecule has 2 rings (SSSR count). The Bertz CT molecular complexity index is 369. The third-order valence-corrected chi connectivity index (χ3v) is 4.54. The van der Waals surface area contributed by atoms with E-state index >= 15 is 0 Å². The van der Waals surface area contributed by atoms with E-state index in [0.717, 1.165) is 11.0 Å². The van der Waals surface area contributed by atoms with Crippen molar-refractivity contribution in [3.05, 3.63) is 11.2 Å². The SMILES string of the molecule is CSc1nc(Cl)cc(N(C)C2CCSC2)n1. The molecule has 0 amide bonds. The van der Waals surface area contributed by atoms with Crippen molar-refractivity contribution in [1.82, 2.24) is 9.97 Å². The van der Waals surface area contributed by atoms with Crippen LogP contribution < -0.4 is 4.90 Å². The monoisotopic (exact) mass is 275 g/mol. The van der Waals surface area contributed by atoms with Crippen molar-refractivity contribution in [2.24, 2.45) is 0 Å². The molecule has 0 aromatic carbocycles. The fourth-order valence-electron chi connectivity index (χ4n) is 1.67. The van der Waals surface area contributed by atoms with Crippen molar-refractivity contribution in [3.8, 4) is 0 Å². The van der Waals surface area contributed by atoms with Crippen LogP contribution >= 0.6 is 35.1 Å². The second-order valence-electron chi connectivity index (χ2n) is 3.66. The summed E-state index contributed by atoms with van der Waals surface area (Å²) in [7, 11) is 2.08. The quantitative estimate of drug-likeness (QED) is 0.481. The van der Waals surface area contributed by atoms with Crippen molar-refractivity contribution >= 4 is 40.9 Å². The normalized spacial score (nSPS) is 20.1. The number of halogens is 1. The molecule has 6 heteroatoms. The molecular weight excluding hydrogens is 262 g/mol. The highest BCUT2D eigenvalue weighted by Crippen LogP contribution is 2.26. The van der Waals surface area contributed by atoms with Gasteiger partial charge in [-0.05, 0) is 18.4 Å². The maximum atomic E-state index is 5.98. The molecule has 1 aromatic rings. The van der Waals surface area contributed by atoms with Gasteiger partial charge in [-0.3, -0.25) is 0 Å². The highest BCUT2D eigenvalue weighted by Gasteiger charge is 2.21. The van der Waals surface area contributed by atoms with Gasteiger partial charge in [-0.1, -0.05) is 23.4 Å². The summed E-state index contributed by atoms with van der Waals surface area (Å²) in [5, 5.41) is 1.26. The molecule has 1 unspecified atom stereocenters. The molecule has 2 heterocycles. The summed E-state index contributed by atoms with van der Waals surface area (Å²) in [6, 6.07) is 2.41. The van der Waals surface area contributed by atoms with Crippen LogP contribution in [0.25, 0.3) is 0 Å². The predicted octanol–water partition coefficient (Wildman–Crippen LogP) is 2.79. The van der Waals surface area contributed by atoms with Crippen LogP contribution in [0.1, 0.15) is 6.42 Å². The van der Waals surface area contributed by atoms with Crippen molar-refractivity contribution in [2.45, 2.75) is 17.6 Å². The van der Waals surface area contributed by atoms with E-state index in [-0.39, 0.29) is 0 Å². The van der Waals surface area contributed by atoms with Crippen molar-refractivity contribution in [3.63, 3.8) is 0 Å². The number of rotatable bonds is 3. The molecule has 0 radical (unpaired) electrons. The summed E-state index contributed by atoms with van der Waals surface area (Å²) in [5.74, 6) is 3.34. The zero-order valence-corrected chi connectivity index (χ0v) is 11.7. The van der Waals surface area contributed by atoms with E-state index in [4.69, 9.17) is 11.6 Å². The second-order valence-corrected chi connectivity index (χ2v) is 5.97. The molecule has 88 valence electrons. The first-order chi connectivity index (χ1) is 7.70. The first-order valence-corrected chi connectivity index (χ1v) is 7.85. The summed E-state index contributed by atoms with van der Waals surface area (Å²) >= 11 is 9.50. The van der Waals surface area contributed by atoms with Crippen LogP contribution in [0.2, 0.25) is 5.15 Å². The molecule has 1 atom stereocenters.